The number of hydrogen-bond acceptors (Lipinski definition) is 4. The number of rotatable bonds is 3. The molecule has 5 nitrogen and oxygen atoms in total. The van der Waals surface area contributed by atoms with E-state index in [4.69, 9.17) is 4.74 Å². The van der Waals surface area contributed by atoms with E-state index in [0.717, 1.165) is 12.8 Å². The second-order valence-electron chi connectivity index (χ2n) is 6.06. The Kier molecular flexibility index (Phi) is 6.10. The minimum absolute atomic E-state index is 0.257. The van der Waals surface area contributed by atoms with Crippen LogP contribution in [0.2, 0.25) is 0 Å². The topological polar surface area (TPSA) is 44.8 Å². The van der Waals surface area contributed by atoms with Crippen LogP contribution in [0, 0.1) is 0 Å². The molecule has 0 radical (unpaired) electrons. The summed E-state index contributed by atoms with van der Waals surface area (Å²) in [7, 11) is 2.21. The zero-order chi connectivity index (χ0) is 14.4. The van der Waals surface area contributed by atoms with Crippen LogP contribution >= 0.6 is 0 Å². The number of likely N-dealkylation sites (N-methyl/N-ethyl adjacent to an activating group) is 1. The first-order valence-corrected chi connectivity index (χ1v) is 8.05. The fourth-order valence-electron chi connectivity index (χ4n) is 3.36. The van der Waals surface area contributed by atoms with Crippen LogP contribution in [0.1, 0.15) is 39.0 Å². The molecule has 1 N–H and O–H groups in total. The van der Waals surface area contributed by atoms with Gasteiger partial charge in [-0.3, -0.25) is 4.90 Å². The number of carbonyl (C=O) groups excluding carboxylic acids is 1. The number of carbonyl (C=O) groups is 1. The maximum absolute atomic E-state index is 11.4. The van der Waals surface area contributed by atoms with Gasteiger partial charge in [0, 0.05) is 25.2 Å². The molecule has 1 aliphatic carbocycles. The Balaban J connectivity index is 1.72. The summed E-state index contributed by atoms with van der Waals surface area (Å²) < 4.78 is 4.95. The molecular weight excluding hydrogens is 254 g/mol. The molecule has 1 saturated carbocycles. The van der Waals surface area contributed by atoms with Gasteiger partial charge in [-0.15, -0.1) is 0 Å². The van der Waals surface area contributed by atoms with Gasteiger partial charge in [-0.25, -0.2) is 4.79 Å². The van der Waals surface area contributed by atoms with Crippen molar-refractivity contribution in [3.8, 4) is 0 Å². The van der Waals surface area contributed by atoms with Gasteiger partial charge in [-0.1, -0.05) is 0 Å². The van der Waals surface area contributed by atoms with E-state index in [0.29, 0.717) is 18.7 Å². The van der Waals surface area contributed by atoms with Gasteiger partial charge in [0.25, 0.3) is 0 Å². The van der Waals surface area contributed by atoms with Crippen molar-refractivity contribution in [3.05, 3.63) is 0 Å². The molecule has 2 rings (SSSR count). The summed E-state index contributed by atoms with van der Waals surface area (Å²) in [4.78, 5) is 16.5. The molecular formula is C15H29N3O2. The monoisotopic (exact) mass is 283 g/mol. The van der Waals surface area contributed by atoms with Crippen molar-refractivity contribution in [1.29, 1.82) is 0 Å². The second kappa shape index (κ2) is 7.84. The number of hydrogen-bond donors (Lipinski definition) is 1. The molecule has 0 atom stereocenters. The molecule has 1 saturated heterocycles. The summed E-state index contributed by atoms with van der Waals surface area (Å²) in [6, 6.07) is 1.02. The van der Waals surface area contributed by atoms with Crippen LogP contribution in [0.5, 0.6) is 0 Å². The number of ether oxygens (including phenoxy) is 1. The summed E-state index contributed by atoms with van der Waals surface area (Å²) in [5, 5.41) is 2.97. The minimum Gasteiger partial charge on any atom is -0.450 e. The van der Waals surface area contributed by atoms with Crippen LogP contribution < -0.4 is 5.32 Å². The van der Waals surface area contributed by atoms with Gasteiger partial charge in [-0.05, 0) is 59.2 Å². The molecule has 0 aromatic heterocycles. The molecule has 5 heteroatoms. The predicted octanol–water partition coefficient (Wildman–Crippen LogP) is 1.68. The average molecular weight is 283 g/mol. The van der Waals surface area contributed by atoms with Crippen molar-refractivity contribution < 1.29 is 9.53 Å². The fraction of sp³-hybridized carbons (Fsp3) is 0.933. The first-order chi connectivity index (χ1) is 9.69. The minimum atomic E-state index is -0.257. The highest BCUT2D eigenvalue weighted by molar-refractivity contribution is 5.67. The van der Waals surface area contributed by atoms with Crippen molar-refractivity contribution in [1.82, 2.24) is 15.1 Å². The van der Waals surface area contributed by atoms with Gasteiger partial charge >= 0.3 is 6.09 Å². The SMILES string of the molecule is CCOC(=O)NC1CCC(N2CCCN(C)CC2)CC1. The molecule has 0 aromatic carbocycles. The Morgan fingerprint density at radius 1 is 1.15 bits per heavy atom. The van der Waals surface area contributed by atoms with Gasteiger partial charge in [0.1, 0.15) is 0 Å². The Labute approximate surface area is 122 Å². The van der Waals surface area contributed by atoms with E-state index in [-0.39, 0.29) is 6.09 Å². The van der Waals surface area contributed by atoms with Crippen molar-refractivity contribution in [3.63, 3.8) is 0 Å². The van der Waals surface area contributed by atoms with Crippen LogP contribution in [0.4, 0.5) is 4.79 Å². The number of alkyl carbamates (subject to hydrolysis) is 1. The van der Waals surface area contributed by atoms with E-state index in [9.17, 15) is 4.79 Å². The quantitative estimate of drug-likeness (QED) is 0.856. The van der Waals surface area contributed by atoms with Gasteiger partial charge in [0.05, 0.1) is 6.61 Å². The Hall–Kier alpha value is -0.810. The van der Waals surface area contributed by atoms with Crippen LogP contribution in [-0.4, -0.2) is 67.8 Å². The van der Waals surface area contributed by atoms with Crippen molar-refractivity contribution in [2.24, 2.45) is 0 Å². The summed E-state index contributed by atoms with van der Waals surface area (Å²) in [6.45, 7) is 7.11. The number of nitrogens with zero attached hydrogens (tertiary/aromatic N) is 2. The maximum atomic E-state index is 11.4. The summed E-state index contributed by atoms with van der Waals surface area (Å²) in [5.41, 5.74) is 0. The Morgan fingerprint density at radius 3 is 2.60 bits per heavy atom. The van der Waals surface area contributed by atoms with E-state index in [1.165, 1.54) is 45.4 Å². The zero-order valence-electron chi connectivity index (χ0n) is 12.9. The molecule has 0 unspecified atom stereocenters. The molecule has 0 bridgehead atoms. The molecule has 1 aliphatic heterocycles. The molecule has 20 heavy (non-hydrogen) atoms. The van der Waals surface area contributed by atoms with E-state index in [2.05, 4.69) is 22.2 Å². The van der Waals surface area contributed by atoms with Gasteiger partial charge in [0.15, 0.2) is 0 Å². The highest BCUT2D eigenvalue weighted by atomic mass is 16.5. The summed E-state index contributed by atoms with van der Waals surface area (Å²) in [5.74, 6) is 0. The van der Waals surface area contributed by atoms with Crippen LogP contribution in [-0.2, 0) is 4.74 Å². The van der Waals surface area contributed by atoms with Crippen LogP contribution in [0.15, 0.2) is 0 Å². The Bertz CT molecular complexity index is 303. The molecule has 1 heterocycles. The summed E-state index contributed by atoms with van der Waals surface area (Å²) in [6.07, 6.45) is 5.57. The first-order valence-electron chi connectivity index (χ1n) is 8.05. The second-order valence-corrected chi connectivity index (χ2v) is 6.06. The third kappa shape index (κ3) is 4.63. The van der Waals surface area contributed by atoms with E-state index in [1.807, 2.05) is 6.92 Å². The molecule has 2 fully saturated rings. The lowest BCUT2D eigenvalue weighted by Gasteiger charge is -2.36. The van der Waals surface area contributed by atoms with E-state index in [1.54, 1.807) is 0 Å². The lowest BCUT2D eigenvalue weighted by atomic mass is 9.90. The van der Waals surface area contributed by atoms with Crippen LogP contribution in [0.3, 0.4) is 0 Å². The highest BCUT2D eigenvalue weighted by Gasteiger charge is 2.27. The molecule has 0 spiro atoms. The maximum Gasteiger partial charge on any atom is 0.407 e. The van der Waals surface area contributed by atoms with Crippen molar-refractivity contribution in [2.45, 2.75) is 51.1 Å². The predicted molar refractivity (Wildman–Crippen MR) is 79.9 cm³/mol. The van der Waals surface area contributed by atoms with Crippen molar-refractivity contribution in [2.75, 3.05) is 39.8 Å². The Morgan fingerprint density at radius 2 is 1.90 bits per heavy atom. The molecule has 2 aliphatic rings. The number of amides is 1. The van der Waals surface area contributed by atoms with Crippen LogP contribution in [0.25, 0.3) is 0 Å². The summed E-state index contributed by atoms with van der Waals surface area (Å²) >= 11 is 0. The third-order valence-corrected chi connectivity index (χ3v) is 4.56. The van der Waals surface area contributed by atoms with Gasteiger partial charge < -0.3 is 15.0 Å². The van der Waals surface area contributed by atoms with Gasteiger partial charge in [0.2, 0.25) is 0 Å². The third-order valence-electron chi connectivity index (χ3n) is 4.56. The van der Waals surface area contributed by atoms with Gasteiger partial charge in [-0.2, -0.15) is 0 Å². The lowest BCUT2D eigenvalue weighted by molar-refractivity contribution is 0.128. The average Bonchev–Trinajstić information content (AvgIpc) is 2.65. The van der Waals surface area contributed by atoms with E-state index >= 15 is 0 Å². The zero-order valence-corrected chi connectivity index (χ0v) is 12.9. The smallest absolute Gasteiger partial charge is 0.407 e. The molecule has 0 aromatic rings. The van der Waals surface area contributed by atoms with Crippen molar-refractivity contribution >= 4 is 6.09 Å². The molecule has 116 valence electrons. The lowest BCUT2D eigenvalue weighted by Crippen LogP contribution is -2.45. The van der Waals surface area contributed by atoms with E-state index < -0.39 is 0 Å². The fourth-order valence-corrected chi connectivity index (χ4v) is 3.36. The highest BCUT2D eigenvalue weighted by Crippen LogP contribution is 2.24. The normalized spacial score (nSPS) is 29.7. The number of nitrogens with one attached hydrogen (secondary N) is 1. The standard InChI is InChI=1S/C15H29N3O2/c1-3-20-15(19)16-13-5-7-14(8-6-13)18-10-4-9-17(2)11-12-18/h13-14H,3-12H2,1-2H3,(H,16,19). The largest absolute Gasteiger partial charge is 0.450 e. The molecule has 1 amide bonds. The first kappa shape index (κ1) is 15.6.